The van der Waals surface area contributed by atoms with E-state index in [1.807, 2.05) is 0 Å². The lowest BCUT2D eigenvalue weighted by Gasteiger charge is -2.21. The van der Waals surface area contributed by atoms with Crippen molar-refractivity contribution in [3.05, 3.63) is 41.7 Å². The number of aromatic nitrogens is 2. The molecule has 4 nitrogen and oxygen atoms in total. The van der Waals surface area contributed by atoms with Gasteiger partial charge in [0, 0.05) is 37.6 Å². The molecule has 3 rings (SSSR count). The fraction of sp³-hybridized carbons (Fsp3) is 0.556. The number of rotatable bonds is 6. The first-order valence-electron chi connectivity index (χ1n) is 8.69. The second-order valence-corrected chi connectivity index (χ2v) is 6.85. The van der Waals surface area contributed by atoms with Gasteiger partial charge in [-0.15, -0.1) is 0 Å². The molecule has 2 heterocycles. The molecule has 1 fully saturated rings. The average Bonchev–Trinajstić information content (AvgIpc) is 2.95. The zero-order chi connectivity index (χ0) is 15.9. The highest BCUT2D eigenvalue weighted by molar-refractivity contribution is 7.09. The molecule has 1 saturated heterocycles. The van der Waals surface area contributed by atoms with E-state index in [0.29, 0.717) is 0 Å². The van der Waals surface area contributed by atoms with Crippen LogP contribution in [0.25, 0.3) is 0 Å². The van der Waals surface area contributed by atoms with Gasteiger partial charge in [0.2, 0.25) is 5.13 Å². The molecule has 0 radical (unpaired) electrons. The molecule has 0 atom stereocenters. The van der Waals surface area contributed by atoms with E-state index < -0.39 is 0 Å². The minimum absolute atomic E-state index is 0.927. The van der Waals surface area contributed by atoms with Crippen molar-refractivity contribution in [1.82, 2.24) is 14.3 Å². The summed E-state index contributed by atoms with van der Waals surface area (Å²) in [6.07, 6.45) is 4.56. The van der Waals surface area contributed by atoms with Crippen LogP contribution in [0.4, 0.5) is 5.13 Å². The summed E-state index contributed by atoms with van der Waals surface area (Å²) in [5, 5.41) is 1.10. The maximum Gasteiger partial charge on any atom is 0.205 e. The molecule has 1 aliphatic heterocycles. The van der Waals surface area contributed by atoms with Gasteiger partial charge in [-0.2, -0.15) is 4.37 Å². The zero-order valence-corrected chi connectivity index (χ0v) is 14.8. The van der Waals surface area contributed by atoms with Crippen LogP contribution in [-0.2, 0) is 12.8 Å². The molecular weight excluding hydrogens is 304 g/mol. The molecule has 0 bridgehead atoms. The van der Waals surface area contributed by atoms with Crippen molar-refractivity contribution in [2.75, 3.05) is 37.6 Å². The lowest BCUT2D eigenvalue weighted by atomic mass is 10.1. The van der Waals surface area contributed by atoms with E-state index in [1.54, 1.807) is 11.5 Å². The van der Waals surface area contributed by atoms with Crippen LogP contribution in [0.2, 0.25) is 0 Å². The van der Waals surface area contributed by atoms with Crippen molar-refractivity contribution in [3.8, 4) is 0 Å². The Bertz CT molecular complexity index is 584. The minimum Gasteiger partial charge on any atom is -0.346 e. The topological polar surface area (TPSA) is 32.3 Å². The Balaban J connectivity index is 1.45. The molecular formula is C18H26N4S. The molecule has 0 amide bonds. The van der Waals surface area contributed by atoms with E-state index >= 15 is 0 Å². The fourth-order valence-corrected chi connectivity index (χ4v) is 3.86. The molecule has 0 aliphatic carbocycles. The highest BCUT2D eigenvalue weighted by atomic mass is 32.1. The predicted octanol–water partition coefficient (Wildman–Crippen LogP) is 3.25. The van der Waals surface area contributed by atoms with Gasteiger partial charge in [-0.3, -0.25) is 0 Å². The van der Waals surface area contributed by atoms with Gasteiger partial charge >= 0.3 is 0 Å². The molecule has 0 N–H and O–H groups in total. The molecule has 2 aromatic rings. The van der Waals surface area contributed by atoms with E-state index in [-0.39, 0.29) is 0 Å². The Morgan fingerprint density at radius 2 is 1.96 bits per heavy atom. The third-order valence-corrected chi connectivity index (χ3v) is 5.23. The van der Waals surface area contributed by atoms with Gasteiger partial charge in [0.25, 0.3) is 0 Å². The van der Waals surface area contributed by atoms with Gasteiger partial charge in [0.1, 0.15) is 5.82 Å². The van der Waals surface area contributed by atoms with Crippen LogP contribution in [0, 0.1) is 0 Å². The lowest BCUT2D eigenvalue weighted by Crippen LogP contribution is -2.31. The quantitative estimate of drug-likeness (QED) is 0.814. The number of benzene rings is 1. The Kier molecular flexibility index (Phi) is 6.00. The lowest BCUT2D eigenvalue weighted by molar-refractivity contribution is 0.290. The minimum atomic E-state index is 0.927. The molecule has 0 unspecified atom stereocenters. The molecule has 23 heavy (non-hydrogen) atoms. The standard InChI is InChI=1S/C18H26N4S/c1-2-17-19-18(23-20-17)22-13-7-12-21(14-15-22)11-6-10-16-8-4-3-5-9-16/h3-5,8-9H,2,6-7,10-15H2,1H3. The third-order valence-electron chi connectivity index (χ3n) is 4.42. The van der Waals surface area contributed by atoms with Crippen LogP contribution >= 0.6 is 11.5 Å². The summed E-state index contributed by atoms with van der Waals surface area (Å²) in [6.45, 7) is 7.82. The van der Waals surface area contributed by atoms with Gasteiger partial charge in [-0.25, -0.2) is 4.98 Å². The number of anilines is 1. The number of hydrogen-bond acceptors (Lipinski definition) is 5. The third kappa shape index (κ3) is 4.75. The first-order valence-corrected chi connectivity index (χ1v) is 9.46. The predicted molar refractivity (Wildman–Crippen MR) is 97.3 cm³/mol. The van der Waals surface area contributed by atoms with Gasteiger partial charge in [-0.1, -0.05) is 37.3 Å². The maximum absolute atomic E-state index is 4.64. The van der Waals surface area contributed by atoms with E-state index in [0.717, 1.165) is 37.0 Å². The summed E-state index contributed by atoms with van der Waals surface area (Å²) < 4.78 is 4.42. The van der Waals surface area contributed by atoms with Crippen LogP contribution in [0.5, 0.6) is 0 Å². The van der Waals surface area contributed by atoms with Crippen LogP contribution in [0.3, 0.4) is 0 Å². The van der Waals surface area contributed by atoms with Gasteiger partial charge in [-0.05, 0) is 37.9 Å². The van der Waals surface area contributed by atoms with Crippen LogP contribution in [0.15, 0.2) is 30.3 Å². The fourth-order valence-electron chi connectivity index (χ4n) is 3.05. The molecule has 1 aromatic carbocycles. The zero-order valence-electron chi connectivity index (χ0n) is 13.9. The number of nitrogens with zero attached hydrogens (tertiary/aromatic N) is 4. The first kappa shape index (κ1) is 16.4. The summed E-state index contributed by atoms with van der Waals surface area (Å²) in [7, 11) is 0. The van der Waals surface area contributed by atoms with E-state index in [2.05, 4.69) is 56.4 Å². The van der Waals surface area contributed by atoms with Crippen LogP contribution < -0.4 is 4.90 Å². The van der Waals surface area contributed by atoms with Crippen LogP contribution in [-0.4, -0.2) is 47.0 Å². The SMILES string of the molecule is CCc1nsc(N2CCCN(CCCc3ccccc3)CC2)n1. The van der Waals surface area contributed by atoms with E-state index in [4.69, 9.17) is 0 Å². The smallest absolute Gasteiger partial charge is 0.205 e. The van der Waals surface area contributed by atoms with Gasteiger partial charge in [0.15, 0.2) is 0 Å². The maximum atomic E-state index is 4.64. The molecule has 5 heteroatoms. The van der Waals surface area contributed by atoms with Crippen molar-refractivity contribution in [2.45, 2.75) is 32.6 Å². The average molecular weight is 331 g/mol. The molecule has 1 aromatic heterocycles. The summed E-state index contributed by atoms with van der Waals surface area (Å²) >= 11 is 1.55. The number of hydrogen-bond donors (Lipinski definition) is 0. The summed E-state index contributed by atoms with van der Waals surface area (Å²) in [5.41, 5.74) is 1.45. The van der Waals surface area contributed by atoms with Gasteiger partial charge < -0.3 is 9.80 Å². The van der Waals surface area contributed by atoms with Crippen molar-refractivity contribution < 1.29 is 0 Å². The van der Waals surface area contributed by atoms with Gasteiger partial charge in [0.05, 0.1) is 0 Å². The Labute approximate surface area is 143 Å². The van der Waals surface area contributed by atoms with Crippen molar-refractivity contribution in [2.24, 2.45) is 0 Å². The summed E-state index contributed by atoms with van der Waals surface area (Å²) in [6, 6.07) is 10.8. The highest BCUT2D eigenvalue weighted by Gasteiger charge is 2.17. The van der Waals surface area contributed by atoms with Crippen molar-refractivity contribution in [3.63, 3.8) is 0 Å². The second kappa shape index (κ2) is 8.41. The van der Waals surface area contributed by atoms with E-state index in [1.165, 1.54) is 37.9 Å². The largest absolute Gasteiger partial charge is 0.346 e. The first-order chi connectivity index (χ1) is 11.3. The summed E-state index contributed by atoms with van der Waals surface area (Å²) in [5.74, 6) is 0.981. The Morgan fingerprint density at radius 3 is 2.74 bits per heavy atom. The summed E-state index contributed by atoms with van der Waals surface area (Å²) in [4.78, 5) is 9.65. The Morgan fingerprint density at radius 1 is 1.09 bits per heavy atom. The highest BCUT2D eigenvalue weighted by Crippen LogP contribution is 2.19. The monoisotopic (exact) mass is 330 g/mol. The van der Waals surface area contributed by atoms with Crippen LogP contribution in [0.1, 0.15) is 31.2 Å². The van der Waals surface area contributed by atoms with Crippen molar-refractivity contribution >= 4 is 16.7 Å². The number of aryl methyl sites for hydroxylation is 2. The van der Waals surface area contributed by atoms with E-state index in [9.17, 15) is 0 Å². The molecule has 124 valence electrons. The molecule has 0 saturated carbocycles. The molecule has 1 aliphatic rings. The second-order valence-electron chi connectivity index (χ2n) is 6.12. The van der Waals surface area contributed by atoms with Crippen molar-refractivity contribution in [1.29, 1.82) is 0 Å². The Hall–Kier alpha value is -1.46. The normalized spacial score (nSPS) is 16.5. The molecule has 0 spiro atoms.